The Bertz CT molecular complexity index is 285. The SMILES string of the molecule is COCC(CCN)Nc1ccnc(C)c1. The Hall–Kier alpha value is -1.13. The van der Waals surface area contributed by atoms with Crippen molar-refractivity contribution in [3.63, 3.8) is 0 Å². The number of anilines is 1. The van der Waals surface area contributed by atoms with Gasteiger partial charge in [-0.3, -0.25) is 4.98 Å². The molecular weight excluding hydrogens is 190 g/mol. The maximum absolute atomic E-state index is 5.54. The van der Waals surface area contributed by atoms with E-state index in [1.165, 1.54) is 0 Å². The van der Waals surface area contributed by atoms with Crippen molar-refractivity contribution in [2.45, 2.75) is 19.4 Å². The van der Waals surface area contributed by atoms with Gasteiger partial charge in [0, 0.05) is 24.7 Å². The molecule has 15 heavy (non-hydrogen) atoms. The summed E-state index contributed by atoms with van der Waals surface area (Å²) in [5.41, 5.74) is 7.61. The van der Waals surface area contributed by atoms with Crippen LogP contribution in [0.3, 0.4) is 0 Å². The molecule has 4 nitrogen and oxygen atoms in total. The first-order valence-corrected chi connectivity index (χ1v) is 5.14. The fraction of sp³-hybridized carbons (Fsp3) is 0.545. The first kappa shape index (κ1) is 11.9. The maximum Gasteiger partial charge on any atom is 0.0664 e. The molecule has 0 spiro atoms. The Balaban J connectivity index is 2.56. The predicted octanol–water partition coefficient (Wildman–Crippen LogP) is 1.17. The molecule has 0 amide bonds. The summed E-state index contributed by atoms with van der Waals surface area (Å²) >= 11 is 0. The third kappa shape index (κ3) is 4.27. The minimum absolute atomic E-state index is 0.266. The Labute approximate surface area is 90.8 Å². The summed E-state index contributed by atoms with van der Waals surface area (Å²) in [6, 6.07) is 4.23. The number of pyridine rings is 1. The van der Waals surface area contributed by atoms with Crippen molar-refractivity contribution in [2.24, 2.45) is 5.73 Å². The summed E-state index contributed by atoms with van der Waals surface area (Å²) in [5, 5.41) is 3.38. The van der Waals surface area contributed by atoms with Crippen LogP contribution < -0.4 is 11.1 Å². The first-order chi connectivity index (χ1) is 7.26. The zero-order chi connectivity index (χ0) is 11.1. The zero-order valence-corrected chi connectivity index (χ0v) is 9.36. The van der Waals surface area contributed by atoms with Crippen molar-refractivity contribution in [1.82, 2.24) is 4.98 Å². The van der Waals surface area contributed by atoms with Gasteiger partial charge in [-0.2, -0.15) is 0 Å². The van der Waals surface area contributed by atoms with Gasteiger partial charge in [0.15, 0.2) is 0 Å². The summed E-state index contributed by atoms with van der Waals surface area (Å²) in [7, 11) is 1.70. The number of nitrogens with two attached hydrogens (primary N) is 1. The minimum Gasteiger partial charge on any atom is -0.383 e. The van der Waals surface area contributed by atoms with Gasteiger partial charge in [0.1, 0.15) is 0 Å². The number of hydrogen-bond donors (Lipinski definition) is 2. The van der Waals surface area contributed by atoms with Gasteiger partial charge in [-0.15, -0.1) is 0 Å². The van der Waals surface area contributed by atoms with Crippen molar-refractivity contribution in [2.75, 3.05) is 25.6 Å². The van der Waals surface area contributed by atoms with Crippen molar-refractivity contribution in [1.29, 1.82) is 0 Å². The largest absolute Gasteiger partial charge is 0.383 e. The van der Waals surface area contributed by atoms with E-state index in [2.05, 4.69) is 10.3 Å². The highest BCUT2D eigenvalue weighted by Crippen LogP contribution is 2.10. The van der Waals surface area contributed by atoms with Gasteiger partial charge in [0.05, 0.1) is 12.6 Å². The highest BCUT2D eigenvalue weighted by molar-refractivity contribution is 5.43. The standard InChI is InChI=1S/C11H19N3O/c1-9-7-10(4-6-13-9)14-11(3-5-12)8-15-2/h4,6-7,11H,3,5,8,12H2,1-2H3,(H,13,14). The third-order valence-corrected chi connectivity index (χ3v) is 2.15. The zero-order valence-electron chi connectivity index (χ0n) is 9.36. The molecule has 0 fully saturated rings. The van der Waals surface area contributed by atoms with Gasteiger partial charge in [-0.25, -0.2) is 0 Å². The number of rotatable bonds is 6. The van der Waals surface area contributed by atoms with Crippen LogP contribution in [0.2, 0.25) is 0 Å². The van der Waals surface area contributed by atoms with Crippen LogP contribution in [0.4, 0.5) is 5.69 Å². The fourth-order valence-electron chi connectivity index (χ4n) is 1.47. The maximum atomic E-state index is 5.54. The van der Waals surface area contributed by atoms with E-state index in [0.717, 1.165) is 17.8 Å². The van der Waals surface area contributed by atoms with Gasteiger partial charge >= 0.3 is 0 Å². The predicted molar refractivity (Wildman–Crippen MR) is 61.9 cm³/mol. The van der Waals surface area contributed by atoms with E-state index in [-0.39, 0.29) is 6.04 Å². The molecule has 1 heterocycles. The molecule has 0 aliphatic heterocycles. The van der Waals surface area contributed by atoms with E-state index in [1.807, 2.05) is 19.1 Å². The lowest BCUT2D eigenvalue weighted by Gasteiger charge is -2.18. The van der Waals surface area contributed by atoms with Crippen LogP contribution in [0, 0.1) is 6.92 Å². The molecule has 1 aromatic rings. The van der Waals surface area contributed by atoms with Gasteiger partial charge in [-0.1, -0.05) is 0 Å². The number of nitrogens with zero attached hydrogens (tertiary/aromatic N) is 1. The Morgan fingerprint density at radius 2 is 2.40 bits per heavy atom. The number of ether oxygens (including phenoxy) is 1. The molecule has 4 heteroatoms. The van der Waals surface area contributed by atoms with Crippen molar-refractivity contribution < 1.29 is 4.74 Å². The monoisotopic (exact) mass is 209 g/mol. The van der Waals surface area contributed by atoms with Gasteiger partial charge in [0.25, 0.3) is 0 Å². The molecule has 1 aromatic heterocycles. The molecule has 0 aliphatic rings. The number of hydrogen-bond acceptors (Lipinski definition) is 4. The van der Waals surface area contributed by atoms with Crippen LogP contribution >= 0.6 is 0 Å². The van der Waals surface area contributed by atoms with Crippen LogP contribution in [-0.2, 0) is 4.74 Å². The van der Waals surface area contributed by atoms with Crippen LogP contribution in [0.1, 0.15) is 12.1 Å². The van der Waals surface area contributed by atoms with E-state index in [4.69, 9.17) is 10.5 Å². The van der Waals surface area contributed by atoms with Crippen molar-refractivity contribution >= 4 is 5.69 Å². The molecule has 1 unspecified atom stereocenters. The summed E-state index contributed by atoms with van der Waals surface area (Å²) in [4.78, 5) is 4.14. The second-order valence-electron chi connectivity index (χ2n) is 3.56. The quantitative estimate of drug-likeness (QED) is 0.738. The second kappa shape index (κ2) is 6.37. The Kier molecular flexibility index (Phi) is 5.07. The van der Waals surface area contributed by atoms with E-state index in [0.29, 0.717) is 13.2 Å². The molecular formula is C11H19N3O. The summed E-state index contributed by atoms with van der Waals surface area (Å²) in [6.45, 7) is 3.29. The molecule has 0 aliphatic carbocycles. The van der Waals surface area contributed by atoms with E-state index in [1.54, 1.807) is 13.3 Å². The van der Waals surface area contributed by atoms with E-state index in [9.17, 15) is 0 Å². The molecule has 84 valence electrons. The number of aryl methyl sites for hydroxylation is 1. The lowest BCUT2D eigenvalue weighted by molar-refractivity contribution is 0.183. The normalized spacial score (nSPS) is 12.5. The van der Waals surface area contributed by atoms with Gasteiger partial charge < -0.3 is 15.8 Å². The number of methoxy groups -OCH3 is 1. The third-order valence-electron chi connectivity index (χ3n) is 2.15. The van der Waals surface area contributed by atoms with Crippen molar-refractivity contribution in [3.8, 4) is 0 Å². The lowest BCUT2D eigenvalue weighted by Crippen LogP contribution is -2.27. The average molecular weight is 209 g/mol. The van der Waals surface area contributed by atoms with Crippen LogP contribution in [0.5, 0.6) is 0 Å². The Morgan fingerprint density at radius 1 is 1.60 bits per heavy atom. The Morgan fingerprint density at radius 3 is 3.00 bits per heavy atom. The molecule has 0 radical (unpaired) electrons. The van der Waals surface area contributed by atoms with E-state index < -0.39 is 0 Å². The van der Waals surface area contributed by atoms with Crippen LogP contribution in [0.15, 0.2) is 18.3 Å². The highest BCUT2D eigenvalue weighted by Gasteiger charge is 2.06. The van der Waals surface area contributed by atoms with Crippen LogP contribution in [0.25, 0.3) is 0 Å². The van der Waals surface area contributed by atoms with E-state index >= 15 is 0 Å². The van der Waals surface area contributed by atoms with Crippen molar-refractivity contribution in [3.05, 3.63) is 24.0 Å². The lowest BCUT2D eigenvalue weighted by atomic mass is 10.2. The molecule has 0 aromatic carbocycles. The topological polar surface area (TPSA) is 60.2 Å². The van der Waals surface area contributed by atoms with Gasteiger partial charge in [0.2, 0.25) is 0 Å². The minimum atomic E-state index is 0.266. The molecule has 0 saturated heterocycles. The van der Waals surface area contributed by atoms with Gasteiger partial charge in [-0.05, 0) is 32.0 Å². The first-order valence-electron chi connectivity index (χ1n) is 5.14. The number of nitrogens with one attached hydrogen (secondary N) is 1. The second-order valence-corrected chi connectivity index (χ2v) is 3.56. The molecule has 1 rings (SSSR count). The summed E-state index contributed by atoms with van der Waals surface area (Å²) in [6.07, 6.45) is 2.69. The molecule has 0 bridgehead atoms. The molecule has 0 saturated carbocycles. The summed E-state index contributed by atoms with van der Waals surface area (Å²) in [5.74, 6) is 0. The molecule has 1 atom stereocenters. The summed E-state index contributed by atoms with van der Waals surface area (Å²) < 4.78 is 5.13. The molecule has 3 N–H and O–H groups in total. The average Bonchev–Trinajstić information content (AvgIpc) is 2.18. The number of aromatic nitrogens is 1. The fourth-order valence-corrected chi connectivity index (χ4v) is 1.47. The highest BCUT2D eigenvalue weighted by atomic mass is 16.5. The van der Waals surface area contributed by atoms with Crippen LogP contribution in [-0.4, -0.2) is 31.3 Å². The smallest absolute Gasteiger partial charge is 0.0664 e.